The number of hydrogen-bond acceptors (Lipinski definition) is 4. The Balaban J connectivity index is 3.86. The van der Waals surface area contributed by atoms with Crippen molar-refractivity contribution in [3.63, 3.8) is 0 Å². The van der Waals surface area contributed by atoms with Crippen LogP contribution in [0.25, 0.3) is 0 Å². The van der Waals surface area contributed by atoms with Gasteiger partial charge in [0, 0.05) is 27.8 Å². The van der Waals surface area contributed by atoms with Gasteiger partial charge in [-0.2, -0.15) is 0 Å². The van der Waals surface area contributed by atoms with Crippen molar-refractivity contribution in [3.8, 4) is 0 Å². The van der Waals surface area contributed by atoms with Gasteiger partial charge in [0.15, 0.2) is 0 Å². The molecule has 4 nitrogen and oxygen atoms in total. The average Bonchev–Trinajstić information content (AvgIpc) is 2.04. The minimum Gasteiger partial charge on any atom is -0.367 e. The Hall–Kier alpha value is 0.0569. The first-order valence-corrected chi connectivity index (χ1v) is 4.46. The molecule has 0 saturated heterocycles. The van der Waals surface area contributed by atoms with Crippen molar-refractivity contribution >= 4 is 10.2 Å². The zero-order valence-corrected chi connectivity index (χ0v) is 9.59. The molecule has 0 aliphatic rings. The van der Waals surface area contributed by atoms with Crippen LogP contribution in [0.4, 0.5) is 0 Å². The van der Waals surface area contributed by atoms with Gasteiger partial charge in [-0.25, -0.2) is 0 Å². The molecule has 0 rings (SSSR count). The van der Waals surface area contributed by atoms with Gasteiger partial charge in [-0.05, 0) is 0 Å². The van der Waals surface area contributed by atoms with Gasteiger partial charge in [0.2, 0.25) is 0 Å². The molecule has 2 N–H and O–H groups in total. The molecule has 1 atom stereocenters. The van der Waals surface area contributed by atoms with Gasteiger partial charge in [-0.15, -0.1) is 0 Å². The molecule has 0 heterocycles. The van der Waals surface area contributed by atoms with Crippen LogP contribution in [0.5, 0.6) is 0 Å². The summed E-state index contributed by atoms with van der Waals surface area (Å²) in [6.45, 7) is 0. The molecule has 0 spiro atoms. The van der Waals surface area contributed by atoms with Gasteiger partial charge in [-0.1, -0.05) is 0 Å². The summed E-state index contributed by atoms with van der Waals surface area (Å²) >= 11 is 0. The predicted octanol–water partition coefficient (Wildman–Crippen LogP) is -1.38. The zero-order chi connectivity index (χ0) is 8.91. The molecule has 5 heteroatoms. The normalized spacial score (nSPS) is 15.3. The topological polar surface area (TPSA) is 53.7 Å². The lowest BCUT2D eigenvalue weighted by Gasteiger charge is -2.28. The van der Waals surface area contributed by atoms with E-state index in [1.165, 1.54) is 0 Å². The second kappa shape index (κ2) is 4.84. The largest absolute Gasteiger partial charge is 0.367 e. The first-order valence-electron chi connectivity index (χ1n) is 3.46. The van der Waals surface area contributed by atoms with Crippen LogP contribution < -0.4 is 5.73 Å². The molecule has 0 fully saturated rings. The Morgan fingerprint density at radius 2 is 1.82 bits per heavy atom. The van der Waals surface area contributed by atoms with Gasteiger partial charge in [0.25, 0.3) is 0 Å². The van der Waals surface area contributed by atoms with E-state index in [0.29, 0.717) is 6.42 Å². The summed E-state index contributed by atoms with van der Waals surface area (Å²) in [5.74, 6) is 0. The Kier molecular flexibility index (Phi) is 4.86. The highest BCUT2D eigenvalue weighted by Gasteiger charge is 2.25. The van der Waals surface area contributed by atoms with E-state index in [1.807, 2.05) is 0 Å². The van der Waals surface area contributed by atoms with Crippen LogP contribution in [0.2, 0.25) is 0 Å². The lowest BCUT2D eigenvalue weighted by molar-refractivity contribution is -0.162. The zero-order valence-electron chi connectivity index (χ0n) is 7.59. The molecular formula is C6H17NO3Si. The second-order valence-electron chi connectivity index (χ2n) is 2.52. The Morgan fingerprint density at radius 3 is 2.09 bits per heavy atom. The highest BCUT2D eigenvalue weighted by atomic mass is 28.1. The standard InChI is InChI=1S/C6H17NO3Si/c1-8-5(7)4-6(11,9-2)10-3/h5H,4,7H2,1-3,11H3. The first-order chi connectivity index (χ1) is 5.08. The van der Waals surface area contributed by atoms with E-state index in [9.17, 15) is 0 Å². The van der Waals surface area contributed by atoms with Crippen LogP contribution in [-0.4, -0.2) is 43.2 Å². The molecule has 11 heavy (non-hydrogen) atoms. The van der Waals surface area contributed by atoms with Crippen LogP contribution in [-0.2, 0) is 14.2 Å². The monoisotopic (exact) mass is 179 g/mol. The van der Waals surface area contributed by atoms with Crippen molar-refractivity contribution in [3.05, 3.63) is 0 Å². The van der Waals surface area contributed by atoms with E-state index in [1.54, 1.807) is 21.3 Å². The van der Waals surface area contributed by atoms with E-state index >= 15 is 0 Å². The summed E-state index contributed by atoms with van der Waals surface area (Å²) < 4.78 is 15.2. The summed E-state index contributed by atoms with van der Waals surface area (Å²) in [6, 6.07) is 0. The highest BCUT2D eigenvalue weighted by Crippen LogP contribution is 2.12. The van der Waals surface area contributed by atoms with Crippen molar-refractivity contribution in [2.75, 3.05) is 21.3 Å². The van der Waals surface area contributed by atoms with Gasteiger partial charge in [0.05, 0.1) is 10.2 Å². The van der Waals surface area contributed by atoms with Crippen molar-refractivity contribution in [1.29, 1.82) is 0 Å². The molecule has 0 radical (unpaired) electrons. The number of rotatable bonds is 5. The number of methoxy groups -OCH3 is 3. The third-order valence-corrected chi connectivity index (χ3v) is 2.96. The molecule has 0 saturated carbocycles. The lowest BCUT2D eigenvalue weighted by Crippen LogP contribution is -2.41. The average molecular weight is 179 g/mol. The minimum atomic E-state index is -0.505. The van der Waals surface area contributed by atoms with E-state index in [2.05, 4.69) is 0 Å². The first kappa shape index (κ1) is 11.1. The van der Waals surface area contributed by atoms with E-state index in [0.717, 1.165) is 10.2 Å². The van der Waals surface area contributed by atoms with Crippen LogP contribution in [0.3, 0.4) is 0 Å². The van der Waals surface area contributed by atoms with Crippen molar-refractivity contribution in [1.82, 2.24) is 0 Å². The molecule has 0 aromatic rings. The second-order valence-corrected chi connectivity index (χ2v) is 4.04. The smallest absolute Gasteiger partial charge is 0.144 e. The van der Waals surface area contributed by atoms with E-state index < -0.39 is 5.41 Å². The van der Waals surface area contributed by atoms with Crippen LogP contribution >= 0.6 is 0 Å². The van der Waals surface area contributed by atoms with Gasteiger partial charge in [0.1, 0.15) is 11.6 Å². The van der Waals surface area contributed by atoms with Crippen molar-refractivity contribution < 1.29 is 14.2 Å². The fourth-order valence-corrected chi connectivity index (χ4v) is 1.10. The van der Waals surface area contributed by atoms with Crippen molar-refractivity contribution in [2.45, 2.75) is 18.1 Å². The maximum atomic E-state index is 5.55. The summed E-state index contributed by atoms with van der Waals surface area (Å²) in [7, 11) is 5.56. The minimum absolute atomic E-state index is 0.313. The number of hydrogen-bond donors (Lipinski definition) is 1. The third-order valence-electron chi connectivity index (χ3n) is 1.74. The molecule has 0 aromatic carbocycles. The van der Waals surface area contributed by atoms with E-state index in [-0.39, 0.29) is 6.23 Å². The summed E-state index contributed by atoms with van der Waals surface area (Å²) in [6.07, 6.45) is 0.260. The lowest BCUT2D eigenvalue weighted by atomic mass is 10.3. The van der Waals surface area contributed by atoms with Crippen LogP contribution in [0.1, 0.15) is 6.42 Å². The Labute approximate surface area is 70.4 Å². The number of nitrogens with two attached hydrogens (primary N) is 1. The molecule has 0 aliphatic heterocycles. The fourth-order valence-electron chi connectivity index (χ4n) is 0.699. The molecule has 0 amide bonds. The molecule has 68 valence electrons. The van der Waals surface area contributed by atoms with Gasteiger partial charge in [-0.3, -0.25) is 0 Å². The van der Waals surface area contributed by atoms with Crippen molar-refractivity contribution in [2.24, 2.45) is 5.73 Å². The summed E-state index contributed by atoms with van der Waals surface area (Å²) in [4.78, 5) is 0. The SMILES string of the molecule is COC(N)CC([SiH3])(OC)OC. The maximum absolute atomic E-state index is 5.55. The van der Waals surface area contributed by atoms with Crippen LogP contribution in [0, 0.1) is 0 Å². The molecule has 0 aromatic heterocycles. The Bertz CT molecular complexity index is 108. The number of ether oxygens (including phenoxy) is 3. The van der Waals surface area contributed by atoms with Gasteiger partial charge >= 0.3 is 0 Å². The van der Waals surface area contributed by atoms with Gasteiger partial charge < -0.3 is 19.9 Å². The molecule has 0 aliphatic carbocycles. The maximum Gasteiger partial charge on any atom is 0.144 e. The fraction of sp³-hybridized carbons (Fsp3) is 1.00. The molecule has 1 unspecified atom stereocenters. The Morgan fingerprint density at radius 1 is 1.36 bits per heavy atom. The summed E-state index contributed by atoms with van der Waals surface area (Å²) in [5.41, 5.74) is 5.05. The molecular weight excluding hydrogens is 162 g/mol. The molecule has 0 bridgehead atoms. The third kappa shape index (κ3) is 3.83. The highest BCUT2D eigenvalue weighted by molar-refractivity contribution is 6.13. The summed E-state index contributed by atoms with van der Waals surface area (Å²) in [5, 5.41) is 0. The predicted molar refractivity (Wildman–Crippen MR) is 46.3 cm³/mol. The quantitative estimate of drug-likeness (QED) is 0.417. The van der Waals surface area contributed by atoms with E-state index in [4.69, 9.17) is 19.9 Å². The van der Waals surface area contributed by atoms with Crippen LogP contribution in [0.15, 0.2) is 0 Å².